The number of Topliss-reactive ketones (excluding diaryl/α,β-unsaturated/α-hetero) is 1. The van der Waals surface area contributed by atoms with E-state index in [-0.39, 0.29) is 0 Å². The molecule has 0 bridgehead atoms. The molecule has 0 radical (unpaired) electrons. The Hall–Kier alpha value is -0.510. The molecule has 0 heterocycles. The van der Waals surface area contributed by atoms with E-state index in [1.165, 1.54) is 6.92 Å². The van der Waals surface area contributed by atoms with Crippen molar-refractivity contribution >= 4 is 23.5 Å². The van der Waals surface area contributed by atoms with E-state index in [1.807, 2.05) is 6.92 Å². The number of ketones is 1. The summed E-state index contributed by atoms with van der Waals surface area (Å²) < 4.78 is 4.60. The maximum absolute atomic E-state index is 10.5. The van der Waals surface area contributed by atoms with Gasteiger partial charge in [-0.15, -0.1) is 0 Å². The van der Waals surface area contributed by atoms with Crippen molar-refractivity contribution in [3.8, 4) is 0 Å². The predicted octanol–water partition coefficient (Wildman–Crippen LogP) is 0.872. The van der Waals surface area contributed by atoms with Crippen molar-refractivity contribution in [2.75, 3.05) is 18.1 Å². The fraction of sp³-hybridized carbons (Fsp3) is 0.714. The quantitative estimate of drug-likeness (QED) is 0.354. The Kier molecular flexibility index (Phi) is 5.93. The van der Waals surface area contributed by atoms with Crippen LogP contribution in [0.15, 0.2) is 0 Å². The number of hydrogen-bond acceptors (Lipinski definition) is 4. The Bertz CT molecular complexity index is 145. The van der Waals surface area contributed by atoms with Crippen LogP contribution in [0.5, 0.6) is 0 Å². The number of esters is 1. The number of carbonyl (C=O) groups is 2. The van der Waals surface area contributed by atoms with Gasteiger partial charge in [-0.1, -0.05) is 6.92 Å². The van der Waals surface area contributed by atoms with Crippen LogP contribution < -0.4 is 0 Å². The Labute approximate surface area is 70.5 Å². The second kappa shape index (κ2) is 6.22. The summed E-state index contributed by atoms with van der Waals surface area (Å²) in [7, 11) is 0. The zero-order valence-corrected chi connectivity index (χ0v) is 7.57. The smallest absolute Gasteiger partial charge is 0.374 e. The second-order valence-corrected chi connectivity index (χ2v) is 3.28. The van der Waals surface area contributed by atoms with Crippen LogP contribution in [0.4, 0.5) is 0 Å². The molecule has 0 rings (SSSR count). The molecule has 0 aliphatic heterocycles. The molecule has 64 valence electrons. The van der Waals surface area contributed by atoms with Gasteiger partial charge in [0, 0.05) is 12.7 Å². The summed E-state index contributed by atoms with van der Waals surface area (Å²) in [6.07, 6.45) is 0. The number of hydrogen-bond donors (Lipinski definition) is 0. The minimum absolute atomic E-state index is 0.330. The van der Waals surface area contributed by atoms with Gasteiger partial charge in [-0.05, 0) is 5.75 Å². The zero-order valence-electron chi connectivity index (χ0n) is 6.75. The van der Waals surface area contributed by atoms with Crippen LogP contribution in [-0.4, -0.2) is 29.9 Å². The standard InChI is InChI=1S/C7H12O3S/c1-3-11-5-4-10-7(9)6(2)8/h3-5H2,1-2H3. The van der Waals surface area contributed by atoms with Crippen molar-refractivity contribution in [3.05, 3.63) is 0 Å². The van der Waals surface area contributed by atoms with Gasteiger partial charge < -0.3 is 4.74 Å². The largest absolute Gasteiger partial charge is 0.459 e. The third-order valence-corrected chi connectivity index (χ3v) is 1.82. The van der Waals surface area contributed by atoms with Gasteiger partial charge in [0.15, 0.2) is 0 Å². The van der Waals surface area contributed by atoms with E-state index in [1.54, 1.807) is 11.8 Å². The highest BCUT2D eigenvalue weighted by Crippen LogP contribution is 1.97. The van der Waals surface area contributed by atoms with Gasteiger partial charge in [0.25, 0.3) is 0 Å². The van der Waals surface area contributed by atoms with Gasteiger partial charge >= 0.3 is 5.97 Å². The maximum atomic E-state index is 10.5. The van der Waals surface area contributed by atoms with E-state index < -0.39 is 11.8 Å². The predicted molar refractivity (Wildman–Crippen MR) is 44.6 cm³/mol. The molecule has 3 nitrogen and oxygen atoms in total. The maximum Gasteiger partial charge on any atom is 0.374 e. The van der Waals surface area contributed by atoms with Crippen LogP contribution in [0.25, 0.3) is 0 Å². The van der Waals surface area contributed by atoms with Crippen LogP contribution in [0.1, 0.15) is 13.8 Å². The lowest BCUT2D eigenvalue weighted by atomic mass is 10.5. The summed E-state index contributed by atoms with van der Waals surface area (Å²) in [5.41, 5.74) is 0. The fourth-order valence-corrected chi connectivity index (χ4v) is 0.929. The molecule has 0 aromatic heterocycles. The van der Waals surface area contributed by atoms with Crippen LogP contribution in [0, 0.1) is 0 Å². The monoisotopic (exact) mass is 176 g/mol. The van der Waals surface area contributed by atoms with Gasteiger partial charge in [-0.3, -0.25) is 4.79 Å². The van der Waals surface area contributed by atoms with E-state index >= 15 is 0 Å². The first-order chi connectivity index (χ1) is 5.18. The molecule has 0 N–H and O–H groups in total. The van der Waals surface area contributed by atoms with Crippen LogP contribution >= 0.6 is 11.8 Å². The van der Waals surface area contributed by atoms with Gasteiger partial charge in [0.2, 0.25) is 5.78 Å². The summed E-state index contributed by atoms with van der Waals surface area (Å²) in [5.74, 6) is 0.487. The van der Waals surface area contributed by atoms with Gasteiger partial charge in [-0.25, -0.2) is 4.79 Å². The number of carbonyl (C=O) groups excluding carboxylic acids is 2. The lowest BCUT2D eigenvalue weighted by molar-refractivity contribution is -0.152. The topological polar surface area (TPSA) is 43.4 Å². The third-order valence-electron chi connectivity index (χ3n) is 0.952. The summed E-state index contributed by atoms with van der Waals surface area (Å²) >= 11 is 1.67. The molecule has 0 saturated carbocycles. The Balaban J connectivity index is 3.25. The van der Waals surface area contributed by atoms with Crippen molar-refractivity contribution in [1.82, 2.24) is 0 Å². The van der Waals surface area contributed by atoms with E-state index in [9.17, 15) is 9.59 Å². The van der Waals surface area contributed by atoms with Crippen LogP contribution in [0.3, 0.4) is 0 Å². The highest BCUT2D eigenvalue weighted by molar-refractivity contribution is 7.99. The molecular formula is C7H12O3S. The minimum atomic E-state index is -0.735. The first kappa shape index (κ1) is 10.5. The summed E-state index contributed by atoms with van der Waals surface area (Å²) in [5, 5.41) is 0. The van der Waals surface area contributed by atoms with Gasteiger partial charge in [0.05, 0.1) is 0 Å². The fourth-order valence-electron chi connectivity index (χ4n) is 0.439. The minimum Gasteiger partial charge on any atom is -0.459 e. The molecular weight excluding hydrogens is 164 g/mol. The van der Waals surface area contributed by atoms with Crippen molar-refractivity contribution in [1.29, 1.82) is 0 Å². The van der Waals surface area contributed by atoms with E-state index in [0.717, 1.165) is 11.5 Å². The summed E-state index contributed by atoms with van der Waals surface area (Å²) in [4.78, 5) is 20.9. The average Bonchev–Trinajstić information content (AvgIpc) is 1.97. The first-order valence-corrected chi connectivity index (χ1v) is 4.59. The molecule has 0 aromatic carbocycles. The normalized spacial score (nSPS) is 9.27. The van der Waals surface area contributed by atoms with Crippen molar-refractivity contribution in [3.63, 3.8) is 0 Å². The highest BCUT2D eigenvalue weighted by atomic mass is 32.2. The lowest BCUT2D eigenvalue weighted by Gasteiger charge is -1.99. The molecule has 0 fully saturated rings. The highest BCUT2D eigenvalue weighted by Gasteiger charge is 2.07. The first-order valence-electron chi connectivity index (χ1n) is 3.44. The summed E-state index contributed by atoms with van der Waals surface area (Å²) in [6.45, 7) is 3.56. The number of ether oxygens (including phenoxy) is 1. The van der Waals surface area contributed by atoms with Crippen molar-refractivity contribution in [2.45, 2.75) is 13.8 Å². The molecule has 0 aliphatic rings. The van der Waals surface area contributed by atoms with Crippen LogP contribution in [0.2, 0.25) is 0 Å². The van der Waals surface area contributed by atoms with Crippen molar-refractivity contribution in [2.24, 2.45) is 0 Å². The van der Waals surface area contributed by atoms with Gasteiger partial charge in [0.1, 0.15) is 6.61 Å². The van der Waals surface area contributed by atoms with Crippen molar-refractivity contribution < 1.29 is 14.3 Å². The second-order valence-electron chi connectivity index (χ2n) is 1.89. The Morgan fingerprint density at radius 3 is 2.55 bits per heavy atom. The molecule has 11 heavy (non-hydrogen) atoms. The lowest BCUT2D eigenvalue weighted by Crippen LogP contribution is -2.15. The molecule has 0 aromatic rings. The van der Waals surface area contributed by atoms with E-state index in [0.29, 0.717) is 6.61 Å². The molecule has 0 unspecified atom stereocenters. The zero-order chi connectivity index (χ0) is 8.69. The van der Waals surface area contributed by atoms with E-state index in [2.05, 4.69) is 4.74 Å². The summed E-state index contributed by atoms with van der Waals surface area (Å²) in [6, 6.07) is 0. The molecule has 0 atom stereocenters. The molecule has 0 saturated heterocycles. The van der Waals surface area contributed by atoms with Crippen LogP contribution in [-0.2, 0) is 14.3 Å². The Morgan fingerprint density at radius 1 is 1.45 bits per heavy atom. The SMILES string of the molecule is CCSCCOC(=O)C(C)=O. The molecule has 0 aliphatic carbocycles. The molecule has 0 spiro atoms. The van der Waals surface area contributed by atoms with E-state index in [4.69, 9.17) is 0 Å². The number of rotatable bonds is 5. The number of thioether (sulfide) groups is 1. The molecule has 0 amide bonds. The third kappa shape index (κ3) is 5.91. The Morgan fingerprint density at radius 2 is 2.09 bits per heavy atom. The molecule has 4 heteroatoms. The van der Waals surface area contributed by atoms with Gasteiger partial charge in [-0.2, -0.15) is 11.8 Å². The average molecular weight is 176 g/mol.